The van der Waals surface area contributed by atoms with Gasteiger partial charge in [-0.15, -0.1) is 0 Å². The average Bonchev–Trinajstić information content (AvgIpc) is 2.71. The summed E-state index contributed by atoms with van der Waals surface area (Å²) >= 11 is 5.49. The van der Waals surface area contributed by atoms with E-state index in [1.54, 1.807) is 0 Å². The fourth-order valence-corrected chi connectivity index (χ4v) is 3.82. The molecular weight excluding hydrogens is 392 g/mol. The number of hydrogen-bond acceptors (Lipinski definition) is 3. The first-order chi connectivity index (χ1) is 14.3. The number of piperazine rings is 1. The van der Waals surface area contributed by atoms with E-state index in [0.29, 0.717) is 5.11 Å². The van der Waals surface area contributed by atoms with E-state index < -0.39 is 0 Å². The first-order valence-electron chi connectivity index (χ1n) is 10.5. The summed E-state index contributed by atoms with van der Waals surface area (Å²) < 4.78 is 0. The third-order valence-electron chi connectivity index (χ3n) is 5.69. The third-order valence-corrected chi connectivity index (χ3v) is 6.10. The van der Waals surface area contributed by atoms with Gasteiger partial charge in [0.1, 0.15) is 0 Å². The van der Waals surface area contributed by atoms with Gasteiger partial charge < -0.3 is 15.1 Å². The van der Waals surface area contributed by atoms with Crippen molar-refractivity contribution in [1.82, 2.24) is 14.7 Å². The summed E-state index contributed by atoms with van der Waals surface area (Å²) in [6, 6.07) is 14.8. The minimum absolute atomic E-state index is 0.122. The van der Waals surface area contributed by atoms with Crippen LogP contribution in [0.2, 0.25) is 0 Å². The zero-order chi connectivity index (χ0) is 21.7. The fraction of sp³-hybridized carbons (Fsp3) is 0.417. The van der Waals surface area contributed by atoms with Gasteiger partial charge in [-0.05, 0) is 61.8 Å². The van der Waals surface area contributed by atoms with Gasteiger partial charge in [0, 0.05) is 45.5 Å². The molecule has 6 heteroatoms. The van der Waals surface area contributed by atoms with Gasteiger partial charge in [-0.3, -0.25) is 9.69 Å². The molecule has 1 aliphatic heterocycles. The van der Waals surface area contributed by atoms with Crippen molar-refractivity contribution in [3.63, 3.8) is 0 Å². The van der Waals surface area contributed by atoms with Crippen LogP contribution in [0, 0.1) is 20.8 Å². The van der Waals surface area contributed by atoms with Crippen molar-refractivity contribution in [2.24, 2.45) is 0 Å². The zero-order valence-corrected chi connectivity index (χ0v) is 19.3. The van der Waals surface area contributed by atoms with Gasteiger partial charge in [0.25, 0.3) is 0 Å². The van der Waals surface area contributed by atoms with E-state index in [1.807, 2.05) is 22.9 Å². The molecule has 0 saturated carbocycles. The molecule has 1 heterocycles. The topological polar surface area (TPSA) is 38.8 Å². The molecule has 0 aliphatic carbocycles. The van der Waals surface area contributed by atoms with E-state index >= 15 is 0 Å². The summed E-state index contributed by atoms with van der Waals surface area (Å²) in [5.41, 5.74) is 6.03. The lowest BCUT2D eigenvalue weighted by Crippen LogP contribution is -2.51. The SMILES string of the molecule is Cc1cccc(CN2CCN(C(=O)CN(C)C(=S)Nc3ccc(C)c(C)c3)CC2)c1. The third kappa shape index (κ3) is 6.03. The molecule has 0 aromatic heterocycles. The quantitative estimate of drug-likeness (QED) is 0.743. The summed E-state index contributed by atoms with van der Waals surface area (Å²) in [4.78, 5) is 18.9. The van der Waals surface area contributed by atoms with Crippen LogP contribution in [-0.2, 0) is 11.3 Å². The number of amides is 1. The van der Waals surface area contributed by atoms with E-state index in [1.165, 1.54) is 22.3 Å². The summed E-state index contributed by atoms with van der Waals surface area (Å²) in [5, 5.41) is 3.80. The number of rotatable bonds is 5. The normalized spacial score (nSPS) is 14.5. The van der Waals surface area contributed by atoms with Crippen molar-refractivity contribution in [3.05, 3.63) is 64.7 Å². The minimum atomic E-state index is 0.122. The highest BCUT2D eigenvalue weighted by atomic mass is 32.1. The molecule has 160 valence electrons. The molecule has 2 aromatic rings. The Kier molecular flexibility index (Phi) is 7.45. The van der Waals surface area contributed by atoms with E-state index in [4.69, 9.17) is 12.2 Å². The predicted octanol–water partition coefficient (Wildman–Crippen LogP) is 3.58. The summed E-state index contributed by atoms with van der Waals surface area (Å²) in [6.07, 6.45) is 0. The van der Waals surface area contributed by atoms with Crippen molar-refractivity contribution in [1.29, 1.82) is 0 Å². The minimum Gasteiger partial charge on any atom is -0.343 e. The largest absolute Gasteiger partial charge is 0.343 e. The number of thiocarbonyl (C=S) groups is 1. The molecule has 0 bridgehead atoms. The van der Waals surface area contributed by atoms with Crippen LogP contribution >= 0.6 is 12.2 Å². The second-order valence-electron chi connectivity index (χ2n) is 8.23. The van der Waals surface area contributed by atoms with Crippen molar-refractivity contribution in [2.45, 2.75) is 27.3 Å². The van der Waals surface area contributed by atoms with Crippen LogP contribution in [0.15, 0.2) is 42.5 Å². The molecule has 1 fully saturated rings. The van der Waals surface area contributed by atoms with Crippen LogP contribution < -0.4 is 5.32 Å². The molecule has 1 aliphatic rings. The van der Waals surface area contributed by atoms with Crippen LogP contribution in [0.5, 0.6) is 0 Å². The lowest BCUT2D eigenvalue weighted by Gasteiger charge is -2.35. The van der Waals surface area contributed by atoms with Crippen LogP contribution in [-0.4, -0.2) is 65.5 Å². The van der Waals surface area contributed by atoms with Gasteiger partial charge in [-0.2, -0.15) is 0 Å². The van der Waals surface area contributed by atoms with Gasteiger partial charge in [0.2, 0.25) is 5.91 Å². The van der Waals surface area contributed by atoms with Gasteiger partial charge >= 0.3 is 0 Å². The first kappa shape index (κ1) is 22.2. The highest BCUT2D eigenvalue weighted by Crippen LogP contribution is 2.15. The van der Waals surface area contributed by atoms with E-state index in [-0.39, 0.29) is 12.5 Å². The standard InChI is InChI=1S/C24H32N4OS/c1-18-6-5-7-21(14-18)16-27-10-12-28(13-11-27)23(29)17-26(4)24(30)25-22-9-8-19(2)20(3)15-22/h5-9,14-15H,10-13,16-17H2,1-4H3,(H,25,30). The number of likely N-dealkylation sites (N-methyl/N-ethyl adjacent to an activating group) is 1. The molecule has 5 nitrogen and oxygen atoms in total. The Balaban J connectivity index is 1.45. The lowest BCUT2D eigenvalue weighted by molar-refractivity contribution is -0.133. The monoisotopic (exact) mass is 424 g/mol. The maximum atomic E-state index is 12.8. The molecule has 30 heavy (non-hydrogen) atoms. The maximum Gasteiger partial charge on any atom is 0.242 e. The Bertz CT molecular complexity index is 906. The molecular formula is C24H32N4OS. The van der Waals surface area contributed by atoms with Gasteiger partial charge in [0.15, 0.2) is 5.11 Å². The Morgan fingerprint density at radius 2 is 1.77 bits per heavy atom. The molecule has 1 saturated heterocycles. The number of carbonyl (C=O) groups excluding carboxylic acids is 1. The number of nitrogens with one attached hydrogen (secondary N) is 1. The number of anilines is 1. The van der Waals surface area contributed by atoms with Crippen molar-refractivity contribution >= 4 is 28.9 Å². The zero-order valence-electron chi connectivity index (χ0n) is 18.4. The number of hydrogen-bond donors (Lipinski definition) is 1. The summed E-state index contributed by atoms with van der Waals surface area (Å²) in [5.74, 6) is 0.122. The maximum absolute atomic E-state index is 12.8. The molecule has 0 atom stereocenters. The van der Waals surface area contributed by atoms with E-state index in [0.717, 1.165) is 38.4 Å². The molecule has 1 N–H and O–H groups in total. The molecule has 0 radical (unpaired) electrons. The fourth-order valence-electron chi connectivity index (χ4n) is 3.64. The van der Waals surface area contributed by atoms with Crippen molar-refractivity contribution in [3.8, 4) is 0 Å². The molecule has 3 rings (SSSR count). The second kappa shape index (κ2) is 10.0. The highest BCUT2D eigenvalue weighted by Gasteiger charge is 2.22. The number of nitrogens with zero attached hydrogens (tertiary/aromatic N) is 3. The Morgan fingerprint density at radius 3 is 2.43 bits per heavy atom. The molecule has 0 spiro atoms. The average molecular weight is 425 g/mol. The van der Waals surface area contributed by atoms with E-state index in [9.17, 15) is 4.79 Å². The Hall–Kier alpha value is -2.44. The predicted molar refractivity (Wildman–Crippen MR) is 128 cm³/mol. The number of benzene rings is 2. The van der Waals surface area contributed by atoms with Crippen molar-refractivity contribution < 1.29 is 4.79 Å². The first-order valence-corrected chi connectivity index (χ1v) is 10.9. The summed E-state index contributed by atoms with van der Waals surface area (Å²) in [6.45, 7) is 10.8. The van der Waals surface area contributed by atoms with Crippen LogP contribution in [0.3, 0.4) is 0 Å². The summed E-state index contributed by atoms with van der Waals surface area (Å²) in [7, 11) is 1.86. The number of carbonyl (C=O) groups is 1. The smallest absolute Gasteiger partial charge is 0.242 e. The number of aryl methyl sites for hydroxylation is 3. The highest BCUT2D eigenvalue weighted by molar-refractivity contribution is 7.80. The van der Waals surface area contributed by atoms with Crippen LogP contribution in [0.4, 0.5) is 5.69 Å². The Labute approximate surface area is 185 Å². The van der Waals surface area contributed by atoms with Crippen LogP contribution in [0.1, 0.15) is 22.3 Å². The van der Waals surface area contributed by atoms with Gasteiger partial charge in [-0.1, -0.05) is 35.9 Å². The molecule has 2 aromatic carbocycles. The molecule has 1 amide bonds. The van der Waals surface area contributed by atoms with Crippen molar-refractivity contribution in [2.75, 3.05) is 45.1 Å². The molecule has 0 unspecified atom stereocenters. The lowest BCUT2D eigenvalue weighted by atomic mass is 10.1. The Morgan fingerprint density at radius 1 is 1.03 bits per heavy atom. The second-order valence-corrected chi connectivity index (χ2v) is 8.62. The van der Waals surface area contributed by atoms with Gasteiger partial charge in [0.05, 0.1) is 6.54 Å². The van der Waals surface area contributed by atoms with E-state index in [2.05, 4.69) is 67.4 Å². The van der Waals surface area contributed by atoms with Gasteiger partial charge in [-0.25, -0.2) is 0 Å². The van der Waals surface area contributed by atoms with Crippen LogP contribution in [0.25, 0.3) is 0 Å².